The highest BCUT2D eigenvalue weighted by molar-refractivity contribution is 7.90. The molecule has 1 aromatic carbocycles. The van der Waals surface area contributed by atoms with Crippen LogP contribution in [0.15, 0.2) is 56.5 Å². The SMILES string of the molecule is Cc1nnc(-c2cnc3occ(-c4ccc([S+](C)[O-])cc4)c3c2)o1. The maximum Gasteiger partial charge on any atom is 0.249 e. The minimum atomic E-state index is -1.00. The van der Waals surface area contributed by atoms with Gasteiger partial charge in [0.1, 0.15) is 12.5 Å². The van der Waals surface area contributed by atoms with Crippen molar-refractivity contribution in [3.8, 4) is 22.6 Å². The third-order valence-electron chi connectivity index (χ3n) is 3.70. The Morgan fingerprint density at radius 3 is 2.54 bits per heavy atom. The predicted octanol–water partition coefficient (Wildman–Crippen LogP) is 3.59. The summed E-state index contributed by atoms with van der Waals surface area (Å²) in [6.07, 6.45) is 4.97. The molecule has 0 saturated heterocycles. The molecular formula is C17H13N3O3S. The van der Waals surface area contributed by atoms with Crippen molar-refractivity contribution >= 4 is 22.3 Å². The van der Waals surface area contributed by atoms with Crippen molar-refractivity contribution in [1.29, 1.82) is 0 Å². The fourth-order valence-corrected chi connectivity index (χ4v) is 3.02. The molecular weight excluding hydrogens is 326 g/mol. The average molecular weight is 339 g/mol. The minimum absolute atomic E-state index is 0.422. The van der Waals surface area contributed by atoms with Crippen molar-refractivity contribution in [2.45, 2.75) is 11.8 Å². The van der Waals surface area contributed by atoms with E-state index in [1.165, 1.54) is 0 Å². The molecule has 120 valence electrons. The van der Waals surface area contributed by atoms with E-state index in [-0.39, 0.29) is 0 Å². The van der Waals surface area contributed by atoms with E-state index >= 15 is 0 Å². The lowest BCUT2D eigenvalue weighted by Gasteiger charge is -2.05. The first-order valence-corrected chi connectivity index (χ1v) is 8.79. The number of fused-ring (bicyclic) bond motifs is 1. The Kier molecular flexibility index (Phi) is 3.59. The Balaban J connectivity index is 1.81. The zero-order valence-corrected chi connectivity index (χ0v) is 13.8. The van der Waals surface area contributed by atoms with E-state index in [0.717, 1.165) is 27.0 Å². The number of aryl methyl sites for hydroxylation is 1. The standard InChI is InChI=1S/C17H13N3O3S/c1-10-19-20-16(23-10)12-7-14-15(9-22-17(14)18-8-12)11-3-5-13(6-4-11)24(2)21/h3-9H,1-2H3. The van der Waals surface area contributed by atoms with Crippen LogP contribution in [0.4, 0.5) is 0 Å². The van der Waals surface area contributed by atoms with Crippen LogP contribution in [0.25, 0.3) is 33.7 Å². The van der Waals surface area contributed by atoms with E-state index in [2.05, 4.69) is 15.2 Å². The van der Waals surface area contributed by atoms with E-state index < -0.39 is 11.2 Å². The number of rotatable bonds is 3. The molecule has 1 unspecified atom stereocenters. The highest BCUT2D eigenvalue weighted by Gasteiger charge is 2.14. The Morgan fingerprint density at radius 2 is 1.88 bits per heavy atom. The molecule has 0 aliphatic heterocycles. The molecule has 6 nitrogen and oxygen atoms in total. The third-order valence-corrected chi connectivity index (χ3v) is 4.64. The molecule has 0 aliphatic carbocycles. The molecule has 24 heavy (non-hydrogen) atoms. The summed E-state index contributed by atoms with van der Waals surface area (Å²) >= 11 is -1.00. The van der Waals surface area contributed by atoms with Crippen LogP contribution in [0.1, 0.15) is 5.89 Å². The smallest absolute Gasteiger partial charge is 0.249 e. The number of pyridine rings is 1. The van der Waals surface area contributed by atoms with Crippen LogP contribution >= 0.6 is 0 Å². The summed E-state index contributed by atoms with van der Waals surface area (Å²) in [5, 5.41) is 8.72. The van der Waals surface area contributed by atoms with Gasteiger partial charge < -0.3 is 13.4 Å². The molecule has 0 spiro atoms. The first-order chi connectivity index (χ1) is 11.6. The maximum atomic E-state index is 11.5. The zero-order chi connectivity index (χ0) is 16.7. The van der Waals surface area contributed by atoms with Crippen LogP contribution in [0.3, 0.4) is 0 Å². The van der Waals surface area contributed by atoms with Gasteiger partial charge in [-0.2, -0.15) is 0 Å². The maximum absolute atomic E-state index is 11.5. The monoisotopic (exact) mass is 339 g/mol. The fraction of sp³-hybridized carbons (Fsp3) is 0.118. The summed E-state index contributed by atoms with van der Waals surface area (Å²) in [5.74, 6) is 0.923. The van der Waals surface area contributed by atoms with Gasteiger partial charge in [-0.15, -0.1) is 10.2 Å². The zero-order valence-electron chi connectivity index (χ0n) is 13.0. The largest absolute Gasteiger partial charge is 0.612 e. The molecule has 4 aromatic rings. The quantitative estimate of drug-likeness (QED) is 0.530. The Morgan fingerprint density at radius 1 is 1.08 bits per heavy atom. The number of nitrogens with zero attached hydrogens (tertiary/aromatic N) is 3. The fourth-order valence-electron chi connectivity index (χ4n) is 2.50. The van der Waals surface area contributed by atoms with Gasteiger partial charge >= 0.3 is 0 Å². The van der Waals surface area contributed by atoms with E-state index in [9.17, 15) is 4.55 Å². The summed E-state index contributed by atoms with van der Waals surface area (Å²) in [7, 11) is 0. The first kappa shape index (κ1) is 14.9. The van der Waals surface area contributed by atoms with Crippen molar-refractivity contribution < 1.29 is 13.4 Å². The van der Waals surface area contributed by atoms with Gasteiger partial charge in [0.2, 0.25) is 17.5 Å². The number of benzene rings is 1. The minimum Gasteiger partial charge on any atom is -0.612 e. The van der Waals surface area contributed by atoms with Gasteiger partial charge in [-0.05, 0) is 47.1 Å². The molecule has 7 heteroatoms. The van der Waals surface area contributed by atoms with Crippen LogP contribution < -0.4 is 0 Å². The summed E-state index contributed by atoms with van der Waals surface area (Å²) in [6, 6.07) is 9.46. The number of hydrogen-bond donors (Lipinski definition) is 0. The molecule has 3 heterocycles. The Labute approximate surface area is 140 Å². The summed E-state index contributed by atoms with van der Waals surface area (Å²) in [6.45, 7) is 1.74. The Bertz CT molecular complexity index is 1010. The van der Waals surface area contributed by atoms with Gasteiger partial charge in [-0.1, -0.05) is 0 Å². The Hall–Kier alpha value is -2.64. The van der Waals surface area contributed by atoms with E-state index in [4.69, 9.17) is 8.83 Å². The molecule has 0 radical (unpaired) electrons. The van der Waals surface area contributed by atoms with Crippen LogP contribution in [0.2, 0.25) is 0 Å². The second kappa shape index (κ2) is 5.77. The van der Waals surface area contributed by atoms with Crippen molar-refractivity contribution in [3.05, 3.63) is 48.7 Å². The highest BCUT2D eigenvalue weighted by Crippen LogP contribution is 2.32. The van der Waals surface area contributed by atoms with Crippen molar-refractivity contribution in [2.75, 3.05) is 6.26 Å². The highest BCUT2D eigenvalue weighted by atomic mass is 32.2. The molecule has 1 atom stereocenters. The van der Waals surface area contributed by atoms with Gasteiger partial charge in [0, 0.05) is 24.1 Å². The van der Waals surface area contributed by atoms with Gasteiger partial charge in [0.05, 0.1) is 5.56 Å². The second-order valence-corrected chi connectivity index (χ2v) is 6.71. The van der Waals surface area contributed by atoms with Crippen LogP contribution in [0.5, 0.6) is 0 Å². The lowest BCUT2D eigenvalue weighted by Crippen LogP contribution is -1.96. The van der Waals surface area contributed by atoms with Gasteiger partial charge in [-0.3, -0.25) is 0 Å². The summed E-state index contributed by atoms with van der Waals surface area (Å²) in [5.41, 5.74) is 3.14. The van der Waals surface area contributed by atoms with Crippen LogP contribution in [-0.4, -0.2) is 26.0 Å². The molecule has 0 bridgehead atoms. The molecule has 0 saturated carbocycles. The van der Waals surface area contributed by atoms with Crippen LogP contribution in [0, 0.1) is 6.92 Å². The second-order valence-electron chi connectivity index (χ2n) is 5.33. The first-order valence-electron chi connectivity index (χ1n) is 7.23. The normalized spacial score (nSPS) is 12.6. The molecule has 0 N–H and O–H groups in total. The molecule has 3 aromatic heterocycles. The summed E-state index contributed by atoms with van der Waals surface area (Å²) in [4.78, 5) is 5.10. The lowest BCUT2D eigenvalue weighted by atomic mass is 10.1. The van der Waals surface area contributed by atoms with E-state index in [0.29, 0.717) is 17.5 Å². The number of aromatic nitrogens is 3. The predicted molar refractivity (Wildman–Crippen MR) is 89.8 cm³/mol. The lowest BCUT2D eigenvalue weighted by molar-refractivity contribution is 0.532. The van der Waals surface area contributed by atoms with E-state index in [1.54, 1.807) is 25.6 Å². The van der Waals surface area contributed by atoms with Crippen LogP contribution in [-0.2, 0) is 11.2 Å². The summed E-state index contributed by atoms with van der Waals surface area (Å²) < 4.78 is 22.5. The van der Waals surface area contributed by atoms with Gasteiger partial charge in [0.25, 0.3) is 0 Å². The number of furan rings is 1. The van der Waals surface area contributed by atoms with E-state index in [1.807, 2.05) is 30.3 Å². The topological polar surface area (TPSA) is 88.0 Å². The van der Waals surface area contributed by atoms with Gasteiger partial charge in [-0.25, -0.2) is 4.98 Å². The molecule has 0 aliphatic rings. The molecule has 4 rings (SSSR count). The third kappa shape index (κ3) is 2.57. The van der Waals surface area contributed by atoms with Crippen molar-refractivity contribution in [3.63, 3.8) is 0 Å². The van der Waals surface area contributed by atoms with Gasteiger partial charge in [0.15, 0.2) is 4.90 Å². The molecule has 0 fully saturated rings. The molecule has 0 amide bonds. The van der Waals surface area contributed by atoms with Crippen molar-refractivity contribution in [2.24, 2.45) is 0 Å². The van der Waals surface area contributed by atoms with Crippen molar-refractivity contribution in [1.82, 2.24) is 15.2 Å². The average Bonchev–Trinajstić information content (AvgIpc) is 3.20. The number of hydrogen-bond acceptors (Lipinski definition) is 6.